The van der Waals surface area contributed by atoms with Crippen LogP contribution >= 0.6 is 11.6 Å². The number of carbonyl (C=O) groups excluding carboxylic acids is 2. The van der Waals surface area contributed by atoms with Crippen molar-refractivity contribution in [2.45, 2.75) is 32.6 Å². The standard InChI is InChI=1S/C20H18ClF4N3O2/c1-11(2)17-19(30)28(18-15(22)7-14(21)8-26-18)10-16(29)27(17)9-12-3-5-13(6-4-12)20(23,24)25/h3-8,11,17H,9-10H2,1-2H3/t17-/m0/s1. The van der Waals surface area contributed by atoms with Crippen LogP contribution in [0.2, 0.25) is 5.02 Å². The lowest BCUT2D eigenvalue weighted by atomic mass is 9.97. The lowest BCUT2D eigenvalue weighted by Crippen LogP contribution is -2.61. The van der Waals surface area contributed by atoms with Crippen LogP contribution in [0.15, 0.2) is 36.5 Å². The first kappa shape index (κ1) is 22.0. The van der Waals surface area contributed by atoms with E-state index in [4.69, 9.17) is 11.6 Å². The predicted molar refractivity (Wildman–Crippen MR) is 102 cm³/mol. The minimum atomic E-state index is -4.47. The van der Waals surface area contributed by atoms with E-state index in [0.29, 0.717) is 5.56 Å². The van der Waals surface area contributed by atoms with Crippen LogP contribution in [0.1, 0.15) is 25.0 Å². The molecule has 0 N–H and O–H groups in total. The SMILES string of the molecule is CC(C)[C@H]1C(=O)N(c2ncc(Cl)cc2F)CC(=O)N1Cc1ccc(C(F)(F)F)cc1. The highest BCUT2D eigenvalue weighted by molar-refractivity contribution is 6.30. The largest absolute Gasteiger partial charge is 0.416 e. The average molecular weight is 444 g/mol. The molecule has 1 saturated heterocycles. The second-order valence-corrected chi connectivity index (χ2v) is 7.72. The fourth-order valence-electron chi connectivity index (χ4n) is 3.36. The normalized spacial score (nSPS) is 17.8. The van der Waals surface area contributed by atoms with Crippen LogP contribution in [0, 0.1) is 11.7 Å². The topological polar surface area (TPSA) is 53.5 Å². The maximum atomic E-state index is 14.3. The minimum Gasteiger partial charge on any atom is -0.325 e. The summed E-state index contributed by atoms with van der Waals surface area (Å²) >= 11 is 5.70. The molecule has 1 fully saturated rings. The zero-order chi connectivity index (χ0) is 22.2. The summed E-state index contributed by atoms with van der Waals surface area (Å²) in [6.45, 7) is 2.97. The molecule has 5 nitrogen and oxygen atoms in total. The van der Waals surface area contributed by atoms with Gasteiger partial charge < -0.3 is 4.90 Å². The van der Waals surface area contributed by atoms with Gasteiger partial charge in [-0.3, -0.25) is 14.5 Å². The summed E-state index contributed by atoms with van der Waals surface area (Å²) in [5.41, 5.74) is -0.359. The zero-order valence-corrected chi connectivity index (χ0v) is 16.8. The van der Waals surface area contributed by atoms with Crippen molar-refractivity contribution in [2.75, 3.05) is 11.4 Å². The van der Waals surface area contributed by atoms with E-state index in [2.05, 4.69) is 4.98 Å². The van der Waals surface area contributed by atoms with Gasteiger partial charge in [-0.25, -0.2) is 9.37 Å². The number of rotatable bonds is 4. The third-order valence-electron chi connectivity index (χ3n) is 4.78. The number of carbonyl (C=O) groups is 2. The molecule has 160 valence electrons. The Hall–Kier alpha value is -2.68. The van der Waals surface area contributed by atoms with E-state index >= 15 is 0 Å². The lowest BCUT2D eigenvalue weighted by Gasteiger charge is -2.41. The highest BCUT2D eigenvalue weighted by Crippen LogP contribution is 2.31. The maximum Gasteiger partial charge on any atom is 0.416 e. The third-order valence-corrected chi connectivity index (χ3v) is 4.98. The summed E-state index contributed by atoms with van der Waals surface area (Å²) in [5.74, 6) is -2.44. The number of nitrogens with zero attached hydrogens (tertiary/aromatic N) is 3. The van der Waals surface area contributed by atoms with Crippen LogP contribution in [0.25, 0.3) is 0 Å². The molecule has 0 aliphatic carbocycles. The highest BCUT2D eigenvalue weighted by atomic mass is 35.5. The Labute approximate surface area is 175 Å². The fourth-order valence-corrected chi connectivity index (χ4v) is 3.51. The van der Waals surface area contributed by atoms with Gasteiger partial charge in [0.2, 0.25) is 5.91 Å². The molecule has 0 unspecified atom stereocenters. The van der Waals surface area contributed by atoms with Crippen LogP contribution < -0.4 is 4.90 Å². The predicted octanol–water partition coefficient (Wildman–Crippen LogP) is 4.29. The second-order valence-electron chi connectivity index (χ2n) is 7.29. The first-order valence-electron chi connectivity index (χ1n) is 9.07. The molecular formula is C20H18ClF4N3O2. The van der Waals surface area contributed by atoms with Crippen molar-refractivity contribution >= 4 is 29.2 Å². The van der Waals surface area contributed by atoms with E-state index in [1.165, 1.54) is 23.2 Å². The number of pyridine rings is 1. The number of hydrogen-bond acceptors (Lipinski definition) is 3. The first-order valence-corrected chi connectivity index (χ1v) is 9.45. The molecule has 0 bridgehead atoms. The van der Waals surface area contributed by atoms with Crippen molar-refractivity contribution in [2.24, 2.45) is 5.92 Å². The van der Waals surface area contributed by atoms with E-state index in [-0.39, 0.29) is 23.3 Å². The summed E-state index contributed by atoms with van der Waals surface area (Å²) in [6.07, 6.45) is -3.29. The summed E-state index contributed by atoms with van der Waals surface area (Å²) < 4.78 is 52.6. The Balaban J connectivity index is 1.88. The van der Waals surface area contributed by atoms with Crippen molar-refractivity contribution in [3.8, 4) is 0 Å². The van der Waals surface area contributed by atoms with E-state index in [1.54, 1.807) is 13.8 Å². The number of halogens is 5. The van der Waals surface area contributed by atoms with Gasteiger partial charge in [0.1, 0.15) is 12.6 Å². The molecule has 1 aromatic heterocycles. The number of aromatic nitrogens is 1. The molecule has 1 aromatic carbocycles. The molecule has 0 radical (unpaired) electrons. The Bertz CT molecular complexity index is 964. The maximum absolute atomic E-state index is 14.3. The average Bonchev–Trinajstić information content (AvgIpc) is 2.64. The number of benzene rings is 1. The summed E-state index contributed by atoms with van der Waals surface area (Å²) in [6, 6.07) is 4.46. The quantitative estimate of drug-likeness (QED) is 0.662. The van der Waals surface area contributed by atoms with Crippen LogP contribution in [0.3, 0.4) is 0 Å². The molecule has 0 spiro atoms. The van der Waals surface area contributed by atoms with Crippen LogP contribution in [0.5, 0.6) is 0 Å². The third kappa shape index (κ3) is 4.40. The van der Waals surface area contributed by atoms with E-state index in [9.17, 15) is 27.2 Å². The fraction of sp³-hybridized carbons (Fsp3) is 0.350. The summed E-state index contributed by atoms with van der Waals surface area (Å²) in [4.78, 5) is 32.0. The van der Waals surface area contributed by atoms with Gasteiger partial charge in [0, 0.05) is 12.7 Å². The van der Waals surface area contributed by atoms with Crippen LogP contribution in [0.4, 0.5) is 23.4 Å². The monoisotopic (exact) mass is 443 g/mol. The van der Waals surface area contributed by atoms with Gasteiger partial charge >= 0.3 is 6.18 Å². The number of anilines is 1. The molecule has 10 heteroatoms. The van der Waals surface area contributed by atoms with Crippen LogP contribution in [-0.4, -0.2) is 34.3 Å². The molecule has 1 atom stereocenters. The molecule has 30 heavy (non-hydrogen) atoms. The molecule has 2 amide bonds. The lowest BCUT2D eigenvalue weighted by molar-refractivity contribution is -0.145. The summed E-state index contributed by atoms with van der Waals surface area (Å²) in [7, 11) is 0. The second kappa shape index (κ2) is 8.22. The van der Waals surface area contributed by atoms with Crippen LogP contribution in [-0.2, 0) is 22.3 Å². The van der Waals surface area contributed by atoms with E-state index < -0.39 is 42.0 Å². The van der Waals surface area contributed by atoms with Gasteiger partial charge in [-0.05, 0) is 29.7 Å². The minimum absolute atomic E-state index is 0.0457. The molecule has 2 aromatic rings. The zero-order valence-electron chi connectivity index (χ0n) is 16.1. The van der Waals surface area contributed by atoms with Gasteiger partial charge in [0.15, 0.2) is 11.6 Å². The van der Waals surface area contributed by atoms with Crippen molar-refractivity contribution in [3.63, 3.8) is 0 Å². The number of alkyl halides is 3. The van der Waals surface area contributed by atoms with Crippen molar-refractivity contribution < 1.29 is 27.2 Å². The van der Waals surface area contributed by atoms with Gasteiger partial charge in [-0.15, -0.1) is 0 Å². The van der Waals surface area contributed by atoms with E-state index in [1.807, 2.05) is 0 Å². The molecule has 1 aliphatic rings. The van der Waals surface area contributed by atoms with Gasteiger partial charge in [0.05, 0.1) is 10.6 Å². The summed E-state index contributed by atoms with van der Waals surface area (Å²) in [5, 5.41) is 0.0522. The van der Waals surface area contributed by atoms with Crippen molar-refractivity contribution in [3.05, 3.63) is 58.5 Å². The van der Waals surface area contributed by atoms with Crippen molar-refractivity contribution in [1.29, 1.82) is 0 Å². The number of hydrogen-bond donors (Lipinski definition) is 0. The highest BCUT2D eigenvalue weighted by Gasteiger charge is 2.42. The Kier molecular flexibility index (Phi) is 6.03. The Morgan fingerprint density at radius 1 is 1.20 bits per heavy atom. The van der Waals surface area contributed by atoms with E-state index in [0.717, 1.165) is 23.1 Å². The molecule has 2 heterocycles. The number of amides is 2. The first-order chi connectivity index (χ1) is 14.0. The molecule has 3 rings (SSSR count). The molecular weight excluding hydrogens is 426 g/mol. The van der Waals surface area contributed by atoms with Gasteiger partial charge in [-0.1, -0.05) is 37.6 Å². The van der Waals surface area contributed by atoms with Gasteiger partial charge in [-0.2, -0.15) is 13.2 Å². The van der Waals surface area contributed by atoms with Gasteiger partial charge in [0.25, 0.3) is 5.91 Å². The number of piperazine rings is 1. The Morgan fingerprint density at radius 3 is 2.37 bits per heavy atom. The van der Waals surface area contributed by atoms with Crippen molar-refractivity contribution in [1.82, 2.24) is 9.88 Å². The smallest absolute Gasteiger partial charge is 0.325 e. The molecule has 0 saturated carbocycles. The Morgan fingerprint density at radius 2 is 1.83 bits per heavy atom. The molecule has 1 aliphatic heterocycles.